The molecule has 1 aliphatic carbocycles. The van der Waals surface area contributed by atoms with Gasteiger partial charge in [-0.05, 0) is 25.0 Å². The molecular weight excluding hydrogens is 246 g/mol. The standard InChI is InChI=1S/C12H12F2O2S/c13-8-4-5-12(11(14)6-8)17(16)10-3-1-2-9(15)7-10/h4-6,10H,1-3,7H2. The highest BCUT2D eigenvalue weighted by Gasteiger charge is 2.27. The zero-order valence-corrected chi connectivity index (χ0v) is 9.93. The monoisotopic (exact) mass is 258 g/mol. The van der Waals surface area contributed by atoms with Gasteiger partial charge in [0.2, 0.25) is 0 Å². The van der Waals surface area contributed by atoms with Gasteiger partial charge in [0.25, 0.3) is 0 Å². The van der Waals surface area contributed by atoms with Crippen LogP contribution in [0.3, 0.4) is 0 Å². The Bertz CT molecular complexity index is 474. The van der Waals surface area contributed by atoms with Crippen molar-refractivity contribution < 1.29 is 17.8 Å². The van der Waals surface area contributed by atoms with Gasteiger partial charge in [-0.1, -0.05) is 0 Å². The summed E-state index contributed by atoms with van der Waals surface area (Å²) in [5.74, 6) is -1.43. The van der Waals surface area contributed by atoms with Crippen LogP contribution in [0.2, 0.25) is 0 Å². The first-order chi connectivity index (χ1) is 8.08. The fourth-order valence-electron chi connectivity index (χ4n) is 1.99. The minimum atomic E-state index is -1.57. The molecule has 5 heteroatoms. The zero-order chi connectivity index (χ0) is 12.4. The average molecular weight is 258 g/mol. The molecular formula is C12H12F2O2S. The lowest BCUT2D eigenvalue weighted by molar-refractivity contribution is -0.120. The summed E-state index contributed by atoms with van der Waals surface area (Å²) in [7, 11) is -1.57. The molecule has 0 N–H and O–H groups in total. The second-order valence-electron chi connectivity index (χ2n) is 4.13. The van der Waals surface area contributed by atoms with Crippen LogP contribution < -0.4 is 0 Å². The Labute approximate surface area is 100 Å². The Morgan fingerprint density at radius 2 is 2.06 bits per heavy atom. The first-order valence-electron chi connectivity index (χ1n) is 5.45. The zero-order valence-electron chi connectivity index (χ0n) is 9.12. The van der Waals surface area contributed by atoms with E-state index in [4.69, 9.17) is 0 Å². The summed E-state index contributed by atoms with van der Waals surface area (Å²) in [6, 6.07) is 3.00. The van der Waals surface area contributed by atoms with Gasteiger partial charge < -0.3 is 0 Å². The fraction of sp³-hybridized carbons (Fsp3) is 0.417. The number of Topliss-reactive ketones (excluding diaryl/α,β-unsaturated/α-hetero) is 1. The first-order valence-corrected chi connectivity index (χ1v) is 6.66. The molecule has 0 spiro atoms. The summed E-state index contributed by atoms with van der Waals surface area (Å²) in [5, 5.41) is -0.337. The molecule has 1 aromatic rings. The number of halogens is 2. The van der Waals surface area contributed by atoms with E-state index in [2.05, 4.69) is 0 Å². The third-order valence-corrected chi connectivity index (χ3v) is 4.62. The second-order valence-corrected chi connectivity index (χ2v) is 5.83. The van der Waals surface area contributed by atoms with Crippen molar-refractivity contribution in [3.8, 4) is 0 Å². The molecule has 0 aliphatic heterocycles. The maximum Gasteiger partial charge on any atom is 0.142 e. The molecule has 2 atom stereocenters. The van der Waals surface area contributed by atoms with Crippen LogP contribution in [0, 0.1) is 11.6 Å². The topological polar surface area (TPSA) is 34.1 Å². The van der Waals surface area contributed by atoms with Gasteiger partial charge in [0.1, 0.15) is 17.4 Å². The maximum atomic E-state index is 13.4. The van der Waals surface area contributed by atoms with E-state index in [0.717, 1.165) is 12.1 Å². The summed E-state index contributed by atoms with van der Waals surface area (Å²) in [5.41, 5.74) is 0. The number of rotatable bonds is 2. The van der Waals surface area contributed by atoms with Gasteiger partial charge in [-0.15, -0.1) is 0 Å². The van der Waals surface area contributed by atoms with Crippen molar-refractivity contribution in [2.75, 3.05) is 0 Å². The van der Waals surface area contributed by atoms with Crippen molar-refractivity contribution in [3.63, 3.8) is 0 Å². The average Bonchev–Trinajstić information content (AvgIpc) is 2.28. The molecule has 0 radical (unpaired) electrons. The molecule has 1 saturated carbocycles. The Morgan fingerprint density at radius 1 is 1.29 bits per heavy atom. The number of hydrogen-bond acceptors (Lipinski definition) is 2. The smallest absolute Gasteiger partial charge is 0.142 e. The summed E-state index contributed by atoms with van der Waals surface area (Å²) in [4.78, 5) is 11.3. The Morgan fingerprint density at radius 3 is 2.71 bits per heavy atom. The van der Waals surface area contributed by atoms with Crippen molar-refractivity contribution in [1.29, 1.82) is 0 Å². The van der Waals surface area contributed by atoms with Crippen LogP contribution in [-0.4, -0.2) is 15.2 Å². The lowest BCUT2D eigenvalue weighted by Gasteiger charge is -2.20. The normalized spacial score (nSPS) is 22.5. The number of carbonyl (C=O) groups is 1. The van der Waals surface area contributed by atoms with Crippen LogP contribution in [0.15, 0.2) is 23.1 Å². The predicted octanol–water partition coefficient (Wildman–Crippen LogP) is 2.58. The van der Waals surface area contributed by atoms with E-state index in [1.807, 2.05) is 0 Å². The van der Waals surface area contributed by atoms with E-state index in [1.165, 1.54) is 6.07 Å². The minimum absolute atomic E-state index is 0.00824. The number of ketones is 1. The molecule has 0 amide bonds. The Balaban J connectivity index is 2.21. The largest absolute Gasteiger partial charge is 0.300 e. The van der Waals surface area contributed by atoms with Gasteiger partial charge in [-0.25, -0.2) is 8.78 Å². The van der Waals surface area contributed by atoms with Gasteiger partial charge >= 0.3 is 0 Å². The number of hydrogen-bond donors (Lipinski definition) is 0. The van der Waals surface area contributed by atoms with E-state index in [0.29, 0.717) is 19.3 Å². The van der Waals surface area contributed by atoms with Crippen molar-refractivity contribution in [2.24, 2.45) is 0 Å². The van der Waals surface area contributed by atoms with E-state index in [1.54, 1.807) is 0 Å². The van der Waals surface area contributed by atoms with Crippen molar-refractivity contribution in [2.45, 2.75) is 35.8 Å². The first kappa shape index (κ1) is 12.4. The Hall–Kier alpha value is -1.10. The van der Waals surface area contributed by atoms with Crippen molar-refractivity contribution >= 4 is 16.6 Å². The highest BCUT2D eigenvalue weighted by Crippen LogP contribution is 2.25. The van der Waals surface area contributed by atoms with Crippen LogP contribution in [-0.2, 0) is 15.6 Å². The van der Waals surface area contributed by atoms with Crippen LogP contribution >= 0.6 is 0 Å². The molecule has 2 rings (SSSR count). The molecule has 92 valence electrons. The van der Waals surface area contributed by atoms with Gasteiger partial charge in [-0.3, -0.25) is 9.00 Å². The van der Waals surface area contributed by atoms with Crippen LogP contribution in [0.4, 0.5) is 8.78 Å². The van der Waals surface area contributed by atoms with Crippen LogP contribution in [0.1, 0.15) is 25.7 Å². The maximum absolute atomic E-state index is 13.4. The quantitative estimate of drug-likeness (QED) is 0.817. The summed E-state index contributed by atoms with van der Waals surface area (Å²) >= 11 is 0. The van der Waals surface area contributed by atoms with Gasteiger partial charge in [0.05, 0.1) is 15.7 Å². The van der Waals surface area contributed by atoms with Crippen LogP contribution in [0.5, 0.6) is 0 Å². The van der Waals surface area contributed by atoms with Crippen molar-refractivity contribution in [3.05, 3.63) is 29.8 Å². The molecule has 1 fully saturated rings. The lowest BCUT2D eigenvalue weighted by atomic mass is 9.99. The van der Waals surface area contributed by atoms with E-state index < -0.39 is 22.4 Å². The molecule has 0 saturated heterocycles. The molecule has 0 aromatic heterocycles. The number of carbonyl (C=O) groups excluding carboxylic acids is 1. The molecule has 17 heavy (non-hydrogen) atoms. The Kier molecular flexibility index (Phi) is 3.66. The molecule has 0 heterocycles. The second kappa shape index (κ2) is 5.04. The predicted molar refractivity (Wildman–Crippen MR) is 60.0 cm³/mol. The SMILES string of the molecule is O=C1CCCC(S(=O)c2ccc(F)cc2F)C1. The molecule has 0 bridgehead atoms. The van der Waals surface area contributed by atoms with Gasteiger partial charge in [0.15, 0.2) is 0 Å². The molecule has 1 aliphatic rings. The third-order valence-electron chi connectivity index (χ3n) is 2.85. The number of benzene rings is 1. The summed E-state index contributed by atoms with van der Waals surface area (Å²) in [6.45, 7) is 0. The molecule has 2 nitrogen and oxygen atoms in total. The van der Waals surface area contributed by atoms with Crippen molar-refractivity contribution in [1.82, 2.24) is 0 Å². The highest BCUT2D eigenvalue weighted by molar-refractivity contribution is 7.85. The fourth-order valence-corrected chi connectivity index (χ4v) is 3.52. The van der Waals surface area contributed by atoms with E-state index in [-0.39, 0.29) is 22.3 Å². The van der Waals surface area contributed by atoms with E-state index in [9.17, 15) is 17.8 Å². The summed E-state index contributed by atoms with van der Waals surface area (Å²) < 4.78 is 38.2. The molecule has 1 aromatic carbocycles. The molecule has 2 unspecified atom stereocenters. The van der Waals surface area contributed by atoms with E-state index >= 15 is 0 Å². The highest BCUT2D eigenvalue weighted by atomic mass is 32.2. The summed E-state index contributed by atoms with van der Waals surface area (Å²) in [6.07, 6.45) is 2.08. The van der Waals surface area contributed by atoms with Gasteiger partial charge in [0, 0.05) is 24.2 Å². The van der Waals surface area contributed by atoms with Gasteiger partial charge in [-0.2, -0.15) is 0 Å². The lowest BCUT2D eigenvalue weighted by Crippen LogP contribution is -2.24. The third kappa shape index (κ3) is 2.77. The van der Waals surface area contributed by atoms with Crippen LogP contribution in [0.25, 0.3) is 0 Å². The minimum Gasteiger partial charge on any atom is -0.300 e.